The molecule has 1 aliphatic heterocycles. The van der Waals surface area contributed by atoms with E-state index in [1.165, 1.54) is 11.3 Å². The number of carbonyl (C=O) groups is 3. The van der Waals surface area contributed by atoms with Crippen molar-refractivity contribution in [3.63, 3.8) is 0 Å². The van der Waals surface area contributed by atoms with Gasteiger partial charge in [0.05, 0.1) is 10.2 Å². The van der Waals surface area contributed by atoms with Crippen LogP contribution >= 0.6 is 11.3 Å². The average molecular weight is 423 g/mol. The van der Waals surface area contributed by atoms with Crippen LogP contribution in [0.2, 0.25) is 0 Å². The van der Waals surface area contributed by atoms with Gasteiger partial charge in [0.1, 0.15) is 12.1 Å². The van der Waals surface area contributed by atoms with Gasteiger partial charge in [-0.2, -0.15) is 0 Å². The number of thiazole rings is 1. The van der Waals surface area contributed by atoms with E-state index in [1.807, 2.05) is 36.4 Å². The van der Waals surface area contributed by atoms with E-state index in [0.717, 1.165) is 38.7 Å². The van der Waals surface area contributed by atoms with E-state index in [1.54, 1.807) is 0 Å². The van der Waals surface area contributed by atoms with Crippen molar-refractivity contribution in [3.05, 3.63) is 36.4 Å². The topological polar surface area (TPSA) is 91.4 Å². The molecule has 4 amide bonds. The molecule has 0 radical (unpaired) electrons. The second-order valence-corrected chi connectivity index (χ2v) is 9.32. The Morgan fingerprint density at radius 1 is 1.23 bits per heavy atom. The van der Waals surface area contributed by atoms with Crippen LogP contribution in [0.1, 0.15) is 32.6 Å². The van der Waals surface area contributed by atoms with Gasteiger partial charge in [-0.1, -0.05) is 48.6 Å². The second-order valence-electron chi connectivity index (χ2n) is 8.29. The number of nitrogens with zero attached hydrogens (tertiary/aromatic N) is 2. The first-order chi connectivity index (χ1) is 14.4. The van der Waals surface area contributed by atoms with Gasteiger partial charge in [0, 0.05) is 5.39 Å². The molecule has 1 spiro atoms. The Morgan fingerprint density at radius 3 is 2.80 bits per heavy atom. The SMILES string of the molecule is CC1CCC2(CC1)NC(=O)N(CC(=O)Nc1nc3c(ccc4ccccc43)s1)C2=O. The van der Waals surface area contributed by atoms with Gasteiger partial charge in [-0.3, -0.25) is 14.5 Å². The maximum Gasteiger partial charge on any atom is 0.325 e. The van der Waals surface area contributed by atoms with Crippen molar-refractivity contribution in [1.82, 2.24) is 15.2 Å². The first-order valence-electron chi connectivity index (χ1n) is 10.2. The van der Waals surface area contributed by atoms with Gasteiger partial charge in [-0.25, -0.2) is 9.78 Å². The van der Waals surface area contributed by atoms with Gasteiger partial charge in [-0.05, 0) is 43.1 Å². The highest BCUT2D eigenvalue weighted by Crippen LogP contribution is 2.36. The number of benzene rings is 2. The lowest BCUT2D eigenvalue weighted by atomic mass is 9.77. The minimum atomic E-state index is -0.835. The largest absolute Gasteiger partial charge is 0.325 e. The van der Waals surface area contributed by atoms with Crippen molar-refractivity contribution in [2.75, 3.05) is 11.9 Å². The fourth-order valence-corrected chi connectivity index (χ4v) is 5.33. The molecule has 5 rings (SSSR count). The molecule has 154 valence electrons. The maximum atomic E-state index is 12.9. The van der Waals surface area contributed by atoms with E-state index in [-0.39, 0.29) is 12.5 Å². The molecule has 0 atom stereocenters. The van der Waals surface area contributed by atoms with E-state index < -0.39 is 17.5 Å². The zero-order valence-corrected chi connectivity index (χ0v) is 17.4. The number of hydrogen-bond acceptors (Lipinski definition) is 5. The first-order valence-corrected chi connectivity index (χ1v) is 11.0. The third-order valence-electron chi connectivity index (χ3n) is 6.21. The number of hydrogen-bond donors (Lipinski definition) is 2. The fourth-order valence-electron chi connectivity index (χ4n) is 4.43. The molecule has 7 nitrogen and oxygen atoms in total. The summed E-state index contributed by atoms with van der Waals surface area (Å²) < 4.78 is 0.967. The van der Waals surface area contributed by atoms with Crippen LogP contribution in [0.3, 0.4) is 0 Å². The molecule has 3 aromatic rings. The molecule has 8 heteroatoms. The molecule has 1 saturated heterocycles. The minimum absolute atomic E-state index is 0.287. The second kappa shape index (κ2) is 7.05. The number of imide groups is 1. The van der Waals surface area contributed by atoms with E-state index in [9.17, 15) is 14.4 Å². The van der Waals surface area contributed by atoms with Crippen LogP contribution in [0.5, 0.6) is 0 Å². The monoisotopic (exact) mass is 422 g/mol. The summed E-state index contributed by atoms with van der Waals surface area (Å²) in [4.78, 5) is 43.5. The Morgan fingerprint density at radius 2 is 2.00 bits per heavy atom. The number of urea groups is 1. The van der Waals surface area contributed by atoms with Crippen molar-refractivity contribution in [2.45, 2.75) is 38.1 Å². The minimum Gasteiger partial charge on any atom is -0.323 e. The predicted octanol–water partition coefficient (Wildman–Crippen LogP) is 3.89. The number of fused-ring (bicyclic) bond motifs is 3. The first kappa shape index (κ1) is 19.0. The number of anilines is 1. The van der Waals surface area contributed by atoms with Crippen molar-refractivity contribution >= 4 is 55.3 Å². The van der Waals surface area contributed by atoms with Crippen LogP contribution in [0.25, 0.3) is 21.0 Å². The number of carbonyl (C=O) groups excluding carboxylic acids is 3. The van der Waals surface area contributed by atoms with Crippen LogP contribution in [-0.2, 0) is 9.59 Å². The summed E-state index contributed by atoms with van der Waals surface area (Å²) in [6.07, 6.45) is 3.04. The lowest BCUT2D eigenvalue weighted by Crippen LogP contribution is -2.49. The van der Waals surface area contributed by atoms with E-state index in [2.05, 4.69) is 22.5 Å². The smallest absolute Gasteiger partial charge is 0.323 e. The summed E-state index contributed by atoms with van der Waals surface area (Å²) >= 11 is 1.37. The van der Waals surface area contributed by atoms with E-state index >= 15 is 0 Å². The molecule has 0 unspecified atom stereocenters. The Labute approximate surface area is 177 Å². The normalized spacial score (nSPS) is 24.0. The molecule has 2 aromatic carbocycles. The molecular weight excluding hydrogens is 400 g/mol. The van der Waals surface area contributed by atoms with Crippen LogP contribution in [0, 0.1) is 5.92 Å². The van der Waals surface area contributed by atoms with Gasteiger partial charge in [0.15, 0.2) is 5.13 Å². The fraction of sp³-hybridized carbons (Fsp3) is 0.364. The molecule has 1 saturated carbocycles. The van der Waals surface area contributed by atoms with E-state index in [4.69, 9.17) is 0 Å². The number of rotatable bonds is 3. The highest BCUT2D eigenvalue weighted by atomic mass is 32.1. The van der Waals surface area contributed by atoms with Gasteiger partial charge >= 0.3 is 6.03 Å². The average Bonchev–Trinajstić information content (AvgIpc) is 3.24. The van der Waals surface area contributed by atoms with Crippen molar-refractivity contribution in [2.24, 2.45) is 5.92 Å². The molecule has 2 N–H and O–H groups in total. The summed E-state index contributed by atoms with van der Waals surface area (Å²) in [5.41, 5.74) is -0.00257. The molecule has 0 bridgehead atoms. The Balaban J connectivity index is 1.32. The van der Waals surface area contributed by atoms with Crippen LogP contribution in [0.4, 0.5) is 9.93 Å². The number of nitrogens with one attached hydrogen (secondary N) is 2. The van der Waals surface area contributed by atoms with Gasteiger partial charge < -0.3 is 10.6 Å². The molecule has 30 heavy (non-hydrogen) atoms. The highest BCUT2D eigenvalue weighted by molar-refractivity contribution is 7.22. The third-order valence-corrected chi connectivity index (χ3v) is 7.14. The van der Waals surface area contributed by atoms with Crippen molar-refractivity contribution in [1.29, 1.82) is 0 Å². The zero-order chi connectivity index (χ0) is 20.9. The summed E-state index contributed by atoms with van der Waals surface area (Å²) in [7, 11) is 0. The highest BCUT2D eigenvalue weighted by Gasteiger charge is 2.52. The summed E-state index contributed by atoms with van der Waals surface area (Å²) in [5.74, 6) is -0.166. The number of aromatic nitrogens is 1. The quantitative estimate of drug-likeness (QED) is 0.627. The van der Waals surface area contributed by atoms with Crippen LogP contribution in [0.15, 0.2) is 36.4 Å². The Kier molecular flexibility index (Phi) is 4.47. The Hall–Kier alpha value is -3.00. The Bertz CT molecular complexity index is 1180. The van der Waals surface area contributed by atoms with Crippen LogP contribution in [-0.4, -0.2) is 39.8 Å². The molecular formula is C22H22N4O3S. The standard InChI is InChI=1S/C22H22N4O3S/c1-13-8-10-22(11-9-13)19(28)26(21(29)25-22)12-17(27)23-20-24-18-15-5-3-2-4-14(15)6-7-16(18)30-20/h2-7,13H,8-12H2,1H3,(H,25,29)(H,23,24,27). The van der Waals surface area contributed by atoms with E-state index in [0.29, 0.717) is 23.9 Å². The van der Waals surface area contributed by atoms with Crippen LogP contribution < -0.4 is 10.6 Å². The summed E-state index contributed by atoms with van der Waals surface area (Å²) in [5, 5.41) is 8.17. The lowest BCUT2D eigenvalue weighted by molar-refractivity contribution is -0.135. The lowest BCUT2D eigenvalue weighted by Gasteiger charge is -2.33. The van der Waals surface area contributed by atoms with Crippen molar-refractivity contribution in [3.8, 4) is 0 Å². The van der Waals surface area contributed by atoms with Gasteiger partial charge in [-0.15, -0.1) is 0 Å². The molecule has 1 aliphatic carbocycles. The van der Waals surface area contributed by atoms with Gasteiger partial charge in [0.25, 0.3) is 5.91 Å². The zero-order valence-electron chi connectivity index (χ0n) is 16.6. The molecule has 2 aliphatic rings. The summed E-state index contributed by atoms with van der Waals surface area (Å²) in [6.45, 7) is 1.85. The predicted molar refractivity (Wildman–Crippen MR) is 116 cm³/mol. The molecule has 2 heterocycles. The molecule has 2 fully saturated rings. The van der Waals surface area contributed by atoms with Gasteiger partial charge in [0.2, 0.25) is 5.91 Å². The summed E-state index contributed by atoms with van der Waals surface area (Å²) in [6, 6.07) is 11.5. The van der Waals surface area contributed by atoms with Crippen molar-refractivity contribution < 1.29 is 14.4 Å². The number of amides is 4. The maximum absolute atomic E-state index is 12.9. The molecule has 1 aromatic heterocycles. The third kappa shape index (κ3) is 3.11.